The number of aliphatic carboxylic acids is 1. The first kappa shape index (κ1) is 26.6. The second-order valence-electron chi connectivity index (χ2n) is 6.82. The summed E-state index contributed by atoms with van der Waals surface area (Å²) in [6, 6.07) is -1.58. The van der Waals surface area contributed by atoms with Crippen LogP contribution in [0.1, 0.15) is 77.6 Å². The minimum Gasteiger partial charge on any atom is -0.480 e. The van der Waals surface area contributed by atoms with E-state index in [-0.39, 0.29) is 5.75 Å². The lowest BCUT2D eigenvalue weighted by atomic mass is 10.1. The molecule has 2 atom stereocenters. The third-order valence-electron chi connectivity index (χ3n) is 4.19. The van der Waals surface area contributed by atoms with Crippen LogP contribution in [-0.4, -0.2) is 47.2 Å². The van der Waals surface area contributed by atoms with Crippen LogP contribution in [-0.2, 0) is 14.3 Å². The van der Waals surface area contributed by atoms with Gasteiger partial charge in [0.05, 0.1) is 6.61 Å². The van der Waals surface area contributed by atoms with Crippen LogP contribution in [0, 0.1) is 0 Å². The molecule has 2 unspecified atom stereocenters. The van der Waals surface area contributed by atoms with Crippen LogP contribution in [0.4, 0.5) is 0 Å². The maximum atomic E-state index is 11.8. The minimum atomic E-state index is -1.03. The van der Waals surface area contributed by atoms with Gasteiger partial charge in [0.2, 0.25) is 0 Å². The van der Waals surface area contributed by atoms with Gasteiger partial charge >= 0.3 is 11.9 Å². The quantitative estimate of drug-likeness (QED) is 0.163. The number of ether oxygens (including phenoxy) is 1. The second-order valence-corrected chi connectivity index (χ2v) is 9.38. The molecular formula is C19H38N2O4S2. The summed E-state index contributed by atoms with van der Waals surface area (Å²) in [4.78, 5) is 22.4. The Morgan fingerprint density at radius 1 is 0.815 bits per heavy atom. The fourth-order valence-electron chi connectivity index (χ4n) is 2.43. The largest absolute Gasteiger partial charge is 0.480 e. The van der Waals surface area contributed by atoms with Gasteiger partial charge in [-0.2, -0.15) is 0 Å². The number of carboxylic acid groups (broad SMARTS) is 1. The van der Waals surface area contributed by atoms with Crippen molar-refractivity contribution in [1.82, 2.24) is 0 Å². The monoisotopic (exact) mass is 422 g/mol. The first-order valence-electron chi connectivity index (χ1n) is 10.1. The first-order valence-corrected chi connectivity index (χ1v) is 12.6. The third kappa shape index (κ3) is 17.4. The van der Waals surface area contributed by atoms with Crippen LogP contribution < -0.4 is 11.5 Å². The van der Waals surface area contributed by atoms with Crippen LogP contribution in [0.5, 0.6) is 0 Å². The van der Waals surface area contributed by atoms with Crippen molar-refractivity contribution in [2.45, 2.75) is 89.6 Å². The normalized spacial score (nSPS) is 13.3. The molecule has 0 aromatic rings. The number of carboxylic acids is 1. The number of carbonyl (C=O) groups excluding carboxylic acids is 1. The van der Waals surface area contributed by atoms with Crippen molar-refractivity contribution < 1.29 is 19.4 Å². The molecule has 0 radical (unpaired) electrons. The minimum absolute atomic E-state index is 0.278. The van der Waals surface area contributed by atoms with Crippen LogP contribution in [0.2, 0.25) is 0 Å². The smallest absolute Gasteiger partial charge is 0.323 e. The summed E-state index contributed by atoms with van der Waals surface area (Å²) in [7, 11) is 2.65. The zero-order valence-electron chi connectivity index (χ0n) is 16.7. The van der Waals surface area contributed by atoms with Gasteiger partial charge in [0.15, 0.2) is 0 Å². The number of hydrogen-bond acceptors (Lipinski definition) is 7. The highest BCUT2D eigenvalue weighted by Crippen LogP contribution is 2.22. The molecule has 5 N–H and O–H groups in total. The standard InChI is InChI=1S/C19H38N2O4S2/c1-2-3-4-5-6-7-8-9-10-11-12-13-25-19(24)17(21)15-27-26-14-16(20)18(22)23/h16-17H,2-15,20-21H2,1H3,(H,22,23). The van der Waals surface area contributed by atoms with Crippen LogP contribution in [0.25, 0.3) is 0 Å². The molecule has 0 saturated heterocycles. The zero-order valence-corrected chi connectivity index (χ0v) is 18.3. The molecule has 0 aliphatic heterocycles. The SMILES string of the molecule is CCCCCCCCCCCCCOC(=O)C(N)CSSCC(N)C(=O)O. The van der Waals surface area contributed by atoms with Gasteiger partial charge in [-0.25, -0.2) is 0 Å². The van der Waals surface area contributed by atoms with Crippen molar-refractivity contribution in [1.29, 1.82) is 0 Å². The molecule has 160 valence electrons. The molecule has 0 bridgehead atoms. The van der Waals surface area contributed by atoms with Gasteiger partial charge in [0, 0.05) is 11.5 Å². The molecule has 0 rings (SSSR count). The Morgan fingerprint density at radius 3 is 1.74 bits per heavy atom. The van der Waals surface area contributed by atoms with Crippen molar-refractivity contribution in [3.05, 3.63) is 0 Å². The van der Waals surface area contributed by atoms with Gasteiger partial charge in [0.1, 0.15) is 12.1 Å². The van der Waals surface area contributed by atoms with E-state index >= 15 is 0 Å². The lowest BCUT2D eigenvalue weighted by Crippen LogP contribution is -2.35. The molecule has 0 spiro atoms. The Labute approximate surface area is 172 Å². The maximum absolute atomic E-state index is 11.8. The Kier molecular flexibility index (Phi) is 18.6. The second kappa shape index (κ2) is 18.9. The van der Waals surface area contributed by atoms with Crippen molar-refractivity contribution in [2.75, 3.05) is 18.1 Å². The lowest BCUT2D eigenvalue weighted by molar-refractivity contribution is -0.144. The van der Waals surface area contributed by atoms with E-state index in [0.29, 0.717) is 12.4 Å². The number of nitrogens with two attached hydrogens (primary N) is 2. The summed E-state index contributed by atoms with van der Waals surface area (Å²) in [6.45, 7) is 2.66. The molecule has 0 saturated carbocycles. The van der Waals surface area contributed by atoms with Gasteiger partial charge in [-0.1, -0.05) is 92.7 Å². The summed E-state index contributed by atoms with van der Waals surface area (Å²) in [6.07, 6.45) is 13.8. The highest BCUT2D eigenvalue weighted by molar-refractivity contribution is 8.76. The Bertz CT molecular complexity index is 387. The number of esters is 1. The number of rotatable bonds is 19. The average molecular weight is 423 g/mol. The molecule has 0 aliphatic carbocycles. The van der Waals surface area contributed by atoms with E-state index in [2.05, 4.69) is 6.92 Å². The van der Waals surface area contributed by atoms with E-state index < -0.39 is 24.0 Å². The highest BCUT2D eigenvalue weighted by Gasteiger charge is 2.16. The Hall–Kier alpha value is -0.440. The average Bonchev–Trinajstić information content (AvgIpc) is 2.65. The van der Waals surface area contributed by atoms with Crippen molar-refractivity contribution in [3.8, 4) is 0 Å². The molecule has 0 heterocycles. The van der Waals surface area contributed by atoms with Crippen molar-refractivity contribution in [2.24, 2.45) is 11.5 Å². The van der Waals surface area contributed by atoms with Gasteiger partial charge in [0.25, 0.3) is 0 Å². The number of unbranched alkanes of at least 4 members (excludes halogenated alkanes) is 10. The molecule has 6 nitrogen and oxygen atoms in total. The molecule has 0 aliphatic rings. The lowest BCUT2D eigenvalue weighted by Gasteiger charge is -2.11. The predicted molar refractivity (Wildman–Crippen MR) is 116 cm³/mol. The zero-order chi connectivity index (χ0) is 20.3. The van der Waals surface area contributed by atoms with E-state index in [0.717, 1.165) is 12.8 Å². The number of carbonyl (C=O) groups is 2. The predicted octanol–water partition coefficient (Wildman–Crippen LogP) is 3.96. The Balaban J connectivity index is 3.41. The Morgan fingerprint density at radius 2 is 1.26 bits per heavy atom. The van der Waals surface area contributed by atoms with Crippen molar-refractivity contribution in [3.63, 3.8) is 0 Å². The van der Waals surface area contributed by atoms with Gasteiger partial charge in [-0.15, -0.1) is 0 Å². The van der Waals surface area contributed by atoms with Crippen molar-refractivity contribution >= 4 is 33.5 Å². The van der Waals surface area contributed by atoms with Crippen LogP contribution in [0.15, 0.2) is 0 Å². The van der Waals surface area contributed by atoms with Crippen LogP contribution >= 0.6 is 21.6 Å². The topological polar surface area (TPSA) is 116 Å². The van der Waals surface area contributed by atoms with E-state index in [9.17, 15) is 9.59 Å². The molecule has 0 aromatic carbocycles. The molecule has 8 heteroatoms. The van der Waals surface area contributed by atoms with E-state index in [1.54, 1.807) is 0 Å². The highest BCUT2D eigenvalue weighted by atomic mass is 33.1. The molecule has 0 aromatic heterocycles. The fourth-order valence-corrected chi connectivity index (χ4v) is 4.65. The van der Waals surface area contributed by atoms with Crippen LogP contribution in [0.3, 0.4) is 0 Å². The molecule has 27 heavy (non-hydrogen) atoms. The third-order valence-corrected chi connectivity index (χ3v) is 6.66. The fraction of sp³-hybridized carbons (Fsp3) is 0.895. The summed E-state index contributed by atoms with van der Waals surface area (Å²) < 4.78 is 5.20. The van der Waals surface area contributed by atoms with Gasteiger partial charge < -0.3 is 21.3 Å². The molecule has 0 fully saturated rings. The maximum Gasteiger partial charge on any atom is 0.323 e. The van der Waals surface area contributed by atoms with E-state index in [1.165, 1.54) is 79.4 Å². The summed E-state index contributed by atoms with van der Waals surface area (Å²) in [5.74, 6) is -0.759. The number of hydrogen-bond donors (Lipinski definition) is 3. The van der Waals surface area contributed by atoms with Gasteiger partial charge in [-0.3, -0.25) is 9.59 Å². The molecular weight excluding hydrogens is 384 g/mol. The van der Waals surface area contributed by atoms with Gasteiger partial charge in [-0.05, 0) is 6.42 Å². The molecule has 0 amide bonds. The van der Waals surface area contributed by atoms with E-state index in [4.69, 9.17) is 21.3 Å². The summed E-state index contributed by atoms with van der Waals surface area (Å²) in [5, 5.41) is 8.67. The summed E-state index contributed by atoms with van der Waals surface area (Å²) >= 11 is 0. The van der Waals surface area contributed by atoms with E-state index in [1.807, 2.05) is 0 Å². The summed E-state index contributed by atoms with van der Waals surface area (Å²) in [5.41, 5.74) is 11.2. The first-order chi connectivity index (χ1) is 13.0.